The predicted octanol–water partition coefficient (Wildman–Crippen LogP) is 1.27. The van der Waals surface area contributed by atoms with Crippen molar-refractivity contribution in [2.45, 2.75) is 6.04 Å². The molecule has 2 unspecified atom stereocenters. The van der Waals surface area contributed by atoms with Gasteiger partial charge < -0.3 is 0 Å². The molecular formula is C10H12N2. The van der Waals surface area contributed by atoms with Gasteiger partial charge in [-0.1, -0.05) is 30.3 Å². The molecule has 2 atom stereocenters. The molecule has 0 N–H and O–H groups in total. The van der Waals surface area contributed by atoms with E-state index in [1.165, 1.54) is 25.2 Å². The Balaban J connectivity index is 1.76. The Morgan fingerprint density at radius 2 is 1.83 bits per heavy atom. The zero-order valence-electron chi connectivity index (χ0n) is 6.98. The highest BCUT2D eigenvalue weighted by Crippen LogP contribution is 2.38. The Bertz CT molecular complexity index is 279. The zero-order valence-corrected chi connectivity index (χ0v) is 6.98. The SMILES string of the molecule is c1ccc(C2CN2N2CC2)cc1. The van der Waals surface area contributed by atoms with E-state index in [1.807, 2.05) is 0 Å². The van der Waals surface area contributed by atoms with E-state index in [-0.39, 0.29) is 0 Å². The summed E-state index contributed by atoms with van der Waals surface area (Å²) in [4.78, 5) is 0. The van der Waals surface area contributed by atoms with E-state index in [0.29, 0.717) is 6.04 Å². The Morgan fingerprint density at radius 3 is 2.50 bits per heavy atom. The van der Waals surface area contributed by atoms with Gasteiger partial charge in [-0.15, -0.1) is 0 Å². The van der Waals surface area contributed by atoms with Crippen molar-refractivity contribution >= 4 is 0 Å². The quantitative estimate of drug-likeness (QED) is 0.601. The maximum atomic E-state index is 2.44. The van der Waals surface area contributed by atoms with Crippen LogP contribution in [0.2, 0.25) is 0 Å². The molecule has 0 aliphatic carbocycles. The fraction of sp³-hybridized carbons (Fsp3) is 0.400. The molecule has 2 nitrogen and oxygen atoms in total. The fourth-order valence-corrected chi connectivity index (χ4v) is 1.70. The lowest BCUT2D eigenvalue weighted by Gasteiger charge is -2.02. The molecular weight excluding hydrogens is 148 g/mol. The average molecular weight is 160 g/mol. The molecule has 0 bridgehead atoms. The van der Waals surface area contributed by atoms with Crippen LogP contribution in [-0.2, 0) is 0 Å². The standard InChI is InChI=1S/C10H12N2/c1-2-4-9(5-3-1)10-8-12(10)11-6-7-11/h1-5,10H,6-8H2. The van der Waals surface area contributed by atoms with Crippen molar-refractivity contribution in [2.75, 3.05) is 19.6 Å². The number of hydrogen-bond acceptors (Lipinski definition) is 2. The summed E-state index contributed by atoms with van der Waals surface area (Å²) in [6, 6.07) is 11.4. The van der Waals surface area contributed by atoms with Gasteiger partial charge in [-0.2, -0.15) is 0 Å². The second-order valence-corrected chi connectivity index (χ2v) is 3.50. The first kappa shape index (κ1) is 6.63. The second kappa shape index (κ2) is 2.31. The molecule has 62 valence electrons. The molecule has 2 fully saturated rings. The molecule has 3 rings (SSSR count). The summed E-state index contributed by atoms with van der Waals surface area (Å²) in [5.74, 6) is 0. The van der Waals surface area contributed by atoms with E-state index >= 15 is 0 Å². The van der Waals surface area contributed by atoms with E-state index in [1.54, 1.807) is 0 Å². The van der Waals surface area contributed by atoms with Crippen molar-refractivity contribution in [1.29, 1.82) is 0 Å². The number of benzene rings is 1. The van der Waals surface area contributed by atoms with E-state index in [9.17, 15) is 0 Å². The van der Waals surface area contributed by atoms with Gasteiger partial charge in [0.1, 0.15) is 0 Å². The molecule has 1 aromatic carbocycles. The molecule has 2 aliphatic rings. The average Bonchev–Trinajstić information content (AvgIpc) is 2.99. The van der Waals surface area contributed by atoms with E-state index in [0.717, 1.165) is 0 Å². The zero-order chi connectivity index (χ0) is 7.97. The maximum absolute atomic E-state index is 2.44. The molecule has 2 aliphatic heterocycles. The minimum atomic E-state index is 0.689. The van der Waals surface area contributed by atoms with Gasteiger partial charge in [-0.05, 0) is 5.56 Å². The third kappa shape index (κ3) is 1.04. The minimum absolute atomic E-state index is 0.689. The Labute approximate surface area is 72.4 Å². The topological polar surface area (TPSA) is 6.02 Å². The van der Waals surface area contributed by atoms with Crippen LogP contribution < -0.4 is 0 Å². The molecule has 2 saturated heterocycles. The van der Waals surface area contributed by atoms with E-state index in [2.05, 4.69) is 40.3 Å². The number of hydrogen-bond donors (Lipinski definition) is 0. The maximum Gasteiger partial charge on any atom is 0.0637 e. The lowest BCUT2D eigenvalue weighted by molar-refractivity contribution is 0.241. The van der Waals surface area contributed by atoms with Crippen LogP contribution in [0.1, 0.15) is 11.6 Å². The second-order valence-electron chi connectivity index (χ2n) is 3.50. The largest absolute Gasteiger partial charge is 0.238 e. The van der Waals surface area contributed by atoms with E-state index < -0.39 is 0 Å². The van der Waals surface area contributed by atoms with Crippen molar-refractivity contribution < 1.29 is 0 Å². The van der Waals surface area contributed by atoms with Crippen LogP contribution in [-0.4, -0.2) is 29.7 Å². The predicted molar refractivity (Wildman–Crippen MR) is 47.5 cm³/mol. The smallest absolute Gasteiger partial charge is 0.0637 e. The van der Waals surface area contributed by atoms with Crippen LogP contribution in [0.15, 0.2) is 30.3 Å². The lowest BCUT2D eigenvalue weighted by atomic mass is 10.2. The van der Waals surface area contributed by atoms with Gasteiger partial charge in [0.05, 0.1) is 6.04 Å². The first-order valence-electron chi connectivity index (χ1n) is 4.51. The number of hydrazine groups is 1. The summed E-state index contributed by atoms with van der Waals surface area (Å²) < 4.78 is 0. The molecule has 0 radical (unpaired) electrons. The molecule has 0 spiro atoms. The molecule has 2 heterocycles. The third-order valence-corrected chi connectivity index (χ3v) is 2.56. The van der Waals surface area contributed by atoms with Crippen LogP contribution in [0.3, 0.4) is 0 Å². The van der Waals surface area contributed by atoms with Crippen LogP contribution in [0.5, 0.6) is 0 Å². The lowest BCUT2D eigenvalue weighted by Crippen LogP contribution is -2.05. The van der Waals surface area contributed by atoms with E-state index in [4.69, 9.17) is 0 Å². The molecule has 0 amide bonds. The van der Waals surface area contributed by atoms with Crippen LogP contribution in [0, 0.1) is 0 Å². The van der Waals surface area contributed by atoms with Gasteiger partial charge >= 0.3 is 0 Å². The molecule has 0 saturated carbocycles. The highest BCUT2D eigenvalue weighted by atomic mass is 15.8. The van der Waals surface area contributed by atoms with Crippen LogP contribution in [0.25, 0.3) is 0 Å². The monoisotopic (exact) mass is 160 g/mol. The molecule has 0 aromatic heterocycles. The van der Waals surface area contributed by atoms with Crippen molar-refractivity contribution in [1.82, 2.24) is 10.0 Å². The summed E-state index contributed by atoms with van der Waals surface area (Å²) in [6.45, 7) is 3.76. The first-order valence-corrected chi connectivity index (χ1v) is 4.51. The van der Waals surface area contributed by atoms with Gasteiger partial charge in [0, 0.05) is 19.6 Å². The third-order valence-electron chi connectivity index (χ3n) is 2.56. The molecule has 1 aromatic rings. The Morgan fingerprint density at radius 1 is 1.08 bits per heavy atom. The number of rotatable bonds is 2. The normalized spacial score (nSPS) is 33.3. The summed E-state index contributed by atoms with van der Waals surface area (Å²) >= 11 is 0. The highest BCUT2D eigenvalue weighted by molar-refractivity contribution is 5.23. The van der Waals surface area contributed by atoms with Crippen LogP contribution in [0.4, 0.5) is 0 Å². The van der Waals surface area contributed by atoms with Gasteiger partial charge in [0.25, 0.3) is 0 Å². The van der Waals surface area contributed by atoms with Crippen molar-refractivity contribution in [3.63, 3.8) is 0 Å². The summed E-state index contributed by atoms with van der Waals surface area (Å²) in [6.07, 6.45) is 0. The molecule has 12 heavy (non-hydrogen) atoms. The fourth-order valence-electron chi connectivity index (χ4n) is 1.70. The Kier molecular flexibility index (Phi) is 1.28. The summed E-state index contributed by atoms with van der Waals surface area (Å²) in [5.41, 5.74) is 1.46. The summed E-state index contributed by atoms with van der Waals surface area (Å²) in [5, 5.41) is 4.84. The van der Waals surface area contributed by atoms with Crippen LogP contribution >= 0.6 is 0 Å². The van der Waals surface area contributed by atoms with Gasteiger partial charge in [-0.25, -0.2) is 10.0 Å². The first-order chi connectivity index (χ1) is 5.95. The van der Waals surface area contributed by atoms with Gasteiger partial charge in [0.2, 0.25) is 0 Å². The highest BCUT2D eigenvalue weighted by Gasteiger charge is 2.43. The van der Waals surface area contributed by atoms with Crippen molar-refractivity contribution in [3.8, 4) is 0 Å². The Hall–Kier alpha value is -0.860. The van der Waals surface area contributed by atoms with Crippen molar-refractivity contribution in [2.24, 2.45) is 0 Å². The minimum Gasteiger partial charge on any atom is -0.238 e. The van der Waals surface area contributed by atoms with Gasteiger partial charge in [0.15, 0.2) is 0 Å². The summed E-state index contributed by atoms with van der Waals surface area (Å²) in [7, 11) is 0. The van der Waals surface area contributed by atoms with Crippen molar-refractivity contribution in [3.05, 3.63) is 35.9 Å². The van der Waals surface area contributed by atoms with Gasteiger partial charge in [-0.3, -0.25) is 0 Å². The number of nitrogens with zero attached hydrogens (tertiary/aromatic N) is 2. The molecule has 2 heteroatoms.